The van der Waals surface area contributed by atoms with Crippen molar-refractivity contribution < 1.29 is 4.42 Å². The highest BCUT2D eigenvalue weighted by atomic mass is 16.3. The molecule has 0 N–H and O–H groups in total. The third-order valence-corrected chi connectivity index (χ3v) is 11.0. The maximum absolute atomic E-state index is 6.72. The van der Waals surface area contributed by atoms with Crippen LogP contribution in [-0.4, -0.2) is 19.5 Å². The molecule has 250 valence electrons. The first-order valence-corrected chi connectivity index (χ1v) is 18.2. The molecule has 4 aromatic heterocycles. The summed E-state index contributed by atoms with van der Waals surface area (Å²) in [7, 11) is 0. The molecule has 0 fully saturated rings. The standard InChI is InChI=1S/C49H28N4O/c1-2-14-32-31(13-1)42-36-18-6-9-22-40(36)53(47(42)44-33-15-3-4-16-34(33)48-45(43(32)44)37-19-7-10-23-41(37)54-48)49-51-39-21-8-5-17-35(39)46(52-49)30-26-24-29(25-27-30)38-20-11-12-28-50-38/h1-28H. The first kappa shape index (κ1) is 29.2. The molecule has 0 saturated carbocycles. The summed E-state index contributed by atoms with van der Waals surface area (Å²) in [6.07, 6.45) is 1.83. The zero-order chi connectivity index (χ0) is 35.3. The summed E-state index contributed by atoms with van der Waals surface area (Å²) in [6.45, 7) is 0. The Bertz CT molecular complexity index is 3490. The molecule has 0 bridgehead atoms. The van der Waals surface area contributed by atoms with Gasteiger partial charge in [-0.1, -0.05) is 133 Å². The molecular formula is C49H28N4O. The van der Waals surface area contributed by atoms with Crippen molar-refractivity contribution in [2.24, 2.45) is 0 Å². The van der Waals surface area contributed by atoms with E-state index in [1.165, 1.54) is 21.5 Å². The van der Waals surface area contributed by atoms with Crippen molar-refractivity contribution >= 4 is 87.0 Å². The second kappa shape index (κ2) is 11.1. The van der Waals surface area contributed by atoms with Gasteiger partial charge in [-0.3, -0.25) is 9.55 Å². The minimum atomic E-state index is 0.626. The maximum atomic E-state index is 6.72. The van der Waals surface area contributed by atoms with E-state index >= 15 is 0 Å². The van der Waals surface area contributed by atoms with Crippen molar-refractivity contribution in [1.29, 1.82) is 0 Å². The Morgan fingerprint density at radius 1 is 0.426 bits per heavy atom. The fourth-order valence-electron chi connectivity index (χ4n) is 8.75. The van der Waals surface area contributed by atoms with Crippen LogP contribution >= 0.6 is 0 Å². The lowest BCUT2D eigenvalue weighted by Gasteiger charge is -2.16. The zero-order valence-corrected chi connectivity index (χ0v) is 28.9. The molecule has 0 radical (unpaired) electrons. The first-order chi connectivity index (χ1) is 26.8. The van der Waals surface area contributed by atoms with Crippen molar-refractivity contribution in [1.82, 2.24) is 19.5 Å². The normalized spacial score (nSPS) is 12.1. The van der Waals surface area contributed by atoms with Gasteiger partial charge in [-0.15, -0.1) is 0 Å². The van der Waals surface area contributed by atoms with Gasteiger partial charge in [0, 0.05) is 60.4 Å². The second-order valence-electron chi connectivity index (χ2n) is 13.9. The Morgan fingerprint density at radius 2 is 1.04 bits per heavy atom. The molecular weight excluding hydrogens is 661 g/mol. The smallest absolute Gasteiger partial charge is 0.235 e. The summed E-state index contributed by atoms with van der Waals surface area (Å²) in [6, 6.07) is 57.4. The molecule has 12 aromatic rings. The molecule has 5 nitrogen and oxygen atoms in total. The average Bonchev–Trinajstić information content (AvgIpc) is 3.81. The fourth-order valence-corrected chi connectivity index (χ4v) is 8.75. The van der Waals surface area contributed by atoms with E-state index in [0.29, 0.717) is 5.95 Å². The van der Waals surface area contributed by atoms with Gasteiger partial charge in [0.25, 0.3) is 0 Å². The van der Waals surface area contributed by atoms with Crippen LogP contribution in [0.5, 0.6) is 0 Å². The monoisotopic (exact) mass is 688 g/mol. The molecule has 0 aliphatic heterocycles. The second-order valence-corrected chi connectivity index (χ2v) is 13.9. The van der Waals surface area contributed by atoms with Crippen LogP contribution in [0.15, 0.2) is 174 Å². The molecule has 0 atom stereocenters. The van der Waals surface area contributed by atoms with Crippen molar-refractivity contribution in [3.05, 3.63) is 170 Å². The van der Waals surface area contributed by atoms with Gasteiger partial charge < -0.3 is 4.42 Å². The van der Waals surface area contributed by atoms with E-state index in [1.807, 2.05) is 30.5 Å². The molecule has 5 heteroatoms. The molecule has 0 saturated heterocycles. The Morgan fingerprint density at radius 3 is 1.81 bits per heavy atom. The highest BCUT2D eigenvalue weighted by molar-refractivity contribution is 6.44. The van der Waals surface area contributed by atoms with E-state index in [-0.39, 0.29) is 0 Å². The number of pyridine rings is 1. The Hall–Kier alpha value is -7.37. The third-order valence-electron chi connectivity index (χ3n) is 11.0. The van der Waals surface area contributed by atoms with Gasteiger partial charge in [-0.2, -0.15) is 0 Å². The Balaban J connectivity index is 1.28. The van der Waals surface area contributed by atoms with Crippen molar-refractivity contribution in [3.8, 4) is 28.5 Å². The highest BCUT2D eigenvalue weighted by Crippen LogP contribution is 2.49. The predicted molar refractivity (Wildman–Crippen MR) is 222 cm³/mol. The number of aromatic nitrogens is 4. The van der Waals surface area contributed by atoms with Crippen LogP contribution in [0.2, 0.25) is 0 Å². The number of hydrogen-bond acceptors (Lipinski definition) is 4. The maximum Gasteiger partial charge on any atom is 0.235 e. The molecule has 0 aliphatic rings. The summed E-state index contributed by atoms with van der Waals surface area (Å²) in [4.78, 5) is 15.4. The van der Waals surface area contributed by atoms with E-state index < -0.39 is 0 Å². The SMILES string of the molecule is c1ccc(-c2ccc(-c3nc(-n4c5ccccc5c5c6ccccc6c6c7c8ccccc8oc7c7ccccc7c6c54)nc4ccccc34)cc2)nc1. The topological polar surface area (TPSA) is 56.7 Å². The average molecular weight is 689 g/mol. The summed E-state index contributed by atoms with van der Waals surface area (Å²) in [5.74, 6) is 0.626. The number of rotatable bonds is 3. The van der Waals surface area contributed by atoms with Crippen LogP contribution in [0.1, 0.15) is 0 Å². The van der Waals surface area contributed by atoms with E-state index in [1.54, 1.807) is 0 Å². The van der Waals surface area contributed by atoms with Gasteiger partial charge >= 0.3 is 0 Å². The first-order valence-electron chi connectivity index (χ1n) is 18.2. The lowest BCUT2D eigenvalue weighted by atomic mass is 9.90. The van der Waals surface area contributed by atoms with Crippen molar-refractivity contribution in [3.63, 3.8) is 0 Å². The number of para-hydroxylation sites is 3. The van der Waals surface area contributed by atoms with Crippen molar-refractivity contribution in [2.45, 2.75) is 0 Å². The predicted octanol–water partition coefficient (Wildman–Crippen LogP) is 12.8. The number of furan rings is 1. The quantitative estimate of drug-likeness (QED) is 0.173. The number of hydrogen-bond donors (Lipinski definition) is 0. The molecule has 8 aromatic carbocycles. The van der Waals surface area contributed by atoms with E-state index in [4.69, 9.17) is 14.4 Å². The summed E-state index contributed by atoms with van der Waals surface area (Å²) >= 11 is 0. The van der Waals surface area contributed by atoms with Crippen LogP contribution in [0.25, 0.3) is 115 Å². The van der Waals surface area contributed by atoms with Crippen LogP contribution in [0.3, 0.4) is 0 Å². The lowest BCUT2D eigenvalue weighted by Crippen LogP contribution is -2.04. The molecule has 12 rings (SSSR count). The number of nitrogens with zero attached hydrogens (tertiary/aromatic N) is 4. The Kier molecular flexibility index (Phi) is 5.99. The molecule has 54 heavy (non-hydrogen) atoms. The van der Waals surface area contributed by atoms with Crippen LogP contribution in [0, 0.1) is 0 Å². The van der Waals surface area contributed by atoms with Gasteiger partial charge in [0.15, 0.2) is 0 Å². The largest absolute Gasteiger partial charge is 0.455 e. The number of fused-ring (bicyclic) bond motifs is 16. The highest BCUT2D eigenvalue weighted by Gasteiger charge is 2.26. The van der Waals surface area contributed by atoms with Gasteiger partial charge in [-0.05, 0) is 46.5 Å². The van der Waals surface area contributed by atoms with E-state index in [9.17, 15) is 0 Å². The van der Waals surface area contributed by atoms with E-state index in [2.05, 4.69) is 149 Å². The number of benzene rings is 8. The fraction of sp³-hybridized carbons (Fsp3) is 0. The third kappa shape index (κ3) is 4.01. The van der Waals surface area contributed by atoms with Gasteiger partial charge in [0.05, 0.1) is 27.9 Å². The molecule has 0 spiro atoms. The van der Waals surface area contributed by atoms with Crippen LogP contribution in [-0.2, 0) is 0 Å². The zero-order valence-electron chi connectivity index (χ0n) is 28.9. The molecule has 0 amide bonds. The van der Waals surface area contributed by atoms with Gasteiger partial charge in [0.2, 0.25) is 5.95 Å². The van der Waals surface area contributed by atoms with Gasteiger partial charge in [0.1, 0.15) is 11.2 Å². The minimum Gasteiger partial charge on any atom is -0.455 e. The van der Waals surface area contributed by atoms with Crippen LogP contribution in [0.4, 0.5) is 0 Å². The minimum absolute atomic E-state index is 0.626. The summed E-state index contributed by atoms with van der Waals surface area (Å²) < 4.78 is 9.03. The molecule has 4 heterocycles. The van der Waals surface area contributed by atoms with Crippen LogP contribution < -0.4 is 0 Å². The summed E-state index contributed by atoms with van der Waals surface area (Å²) in [5.41, 5.74) is 8.71. The summed E-state index contributed by atoms with van der Waals surface area (Å²) in [5, 5.41) is 12.5. The van der Waals surface area contributed by atoms with Gasteiger partial charge in [-0.25, -0.2) is 9.97 Å². The lowest BCUT2D eigenvalue weighted by molar-refractivity contribution is 0.673. The molecule has 0 aliphatic carbocycles. The van der Waals surface area contributed by atoms with E-state index in [0.717, 1.165) is 87.9 Å². The molecule has 0 unspecified atom stereocenters. The Labute approximate surface area is 308 Å². The van der Waals surface area contributed by atoms with Crippen molar-refractivity contribution in [2.75, 3.05) is 0 Å².